The summed E-state index contributed by atoms with van der Waals surface area (Å²) in [7, 11) is 1.29. The van der Waals surface area contributed by atoms with Gasteiger partial charge in [0.05, 0.1) is 19.8 Å². The summed E-state index contributed by atoms with van der Waals surface area (Å²) in [4.78, 5) is 0. The third kappa shape index (κ3) is 4.44. The minimum Gasteiger partial charge on any atom is -0.494 e. The Kier molecular flexibility index (Phi) is 6.66. The lowest BCUT2D eigenvalue weighted by Gasteiger charge is -2.28. The van der Waals surface area contributed by atoms with Crippen molar-refractivity contribution in [1.82, 2.24) is 0 Å². The second-order valence-corrected chi connectivity index (χ2v) is 7.94. The fourth-order valence-electron chi connectivity index (χ4n) is 4.16. The van der Waals surface area contributed by atoms with E-state index in [1.54, 1.807) is 30.3 Å². The summed E-state index contributed by atoms with van der Waals surface area (Å²) in [6.45, 7) is 2.59. The Balaban J connectivity index is 1.53. The van der Waals surface area contributed by atoms with Crippen LogP contribution in [-0.4, -0.2) is 13.7 Å². The first-order chi connectivity index (χ1) is 15.5. The van der Waals surface area contributed by atoms with E-state index in [4.69, 9.17) is 9.47 Å². The molecule has 1 heterocycles. The van der Waals surface area contributed by atoms with Crippen LogP contribution in [-0.2, 0) is 4.74 Å². The van der Waals surface area contributed by atoms with Gasteiger partial charge < -0.3 is 9.47 Å². The van der Waals surface area contributed by atoms with E-state index in [9.17, 15) is 13.2 Å². The third-order valence-corrected chi connectivity index (χ3v) is 5.92. The minimum absolute atomic E-state index is 0.141. The number of benzene rings is 3. The van der Waals surface area contributed by atoms with Crippen molar-refractivity contribution in [2.24, 2.45) is 5.92 Å². The van der Waals surface area contributed by atoms with E-state index < -0.39 is 11.6 Å². The van der Waals surface area contributed by atoms with Crippen molar-refractivity contribution in [2.45, 2.75) is 25.9 Å². The zero-order chi connectivity index (χ0) is 22.7. The molecule has 0 N–H and O–H groups in total. The lowest BCUT2D eigenvalue weighted by molar-refractivity contribution is -0.00711. The van der Waals surface area contributed by atoms with Crippen LogP contribution in [0.25, 0.3) is 22.3 Å². The quantitative estimate of drug-likeness (QED) is 0.384. The molecule has 0 bridgehead atoms. The monoisotopic (exact) mass is 438 g/mol. The highest BCUT2D eigenvalue weighted by Gasteiger charge is 2.24. The van der Waals surface area contributed by atoms with Crippen LogP contribution in [0.1, 0.15) is 31.4 Å². The minimum atomic E-state index is -1.02. The highest BCUT2D eigenvalue weighted by Crippen LogP contribution is 2.35. The van der Waals surface area contributed by atoms with Gasteiger partial charge in [0.25, 0.3) is 0 Å². The lowest BCUT2D eigenvalue weighted by Crippen LogP contribution is -2.20. The summed E-state index contributed by atoms with van der Waals surface area (Å²) in [5, 5.41) is 0. The standard InChI is InChI=1S/C27H25F3O2/c1-3-4-17-5-13-24(32-16-17)22-11-10-20(15-23(22)28)18-6-8-19(9-7-18)21-12-14-25(31-2)27(30)26(21)29/h3-4,6-12,14-15,17,24H,5,13,16H2,1-2H3/b4-3+. The third-order valence-electron chi connectivity index (χ3n) is 5.92. The Morgan fingerprint density at radius 3 is 2.22 bits per heavy atom. The first-order valence-corrected chi connectivity index (χ1v) is 10.7. The normalized spacial score (nSPS) is 18.8. The van der Waals surface area contributed by atoms with E-state index >= 15 is 0 Å². The highest BCUT2D eigenvalue weighted by molar-refractivity contribution is 5.71. The van der Waals surface area contributed by atoms with Crippen LogP contribution >= 0.6 is 0 Å². The van der Waals surface area contributed by atoms with Gasteiger partial charge in [-0.15, -0.1) is 0 Å². The van der Waals surface area contributed by atoms with Gasteiger partial charge >= 0.3 is 0 Å². The van der Waals surface area contributed by atoms with Gasteiger partial charge in [-0.3, -0.25) is 0 Å². The number of ether oxygens (including phenoxy) is 2. The van der Waals surface area contributed by atoms with E-state index in [-0.39, 0.29) is 23.2 Å². The van der Waals surface area contributed by atoms with E-state index in [1.165, 1.54) is 25.3 Å². The molecular formula is C27H25F3O2. The molecule has 166 valence electrons. The molecule has 1 aliphatic heterocycles. The Labute approximate surface area is 186 Å². The predicted octanol–water partition coefficient (Wildman–Crippen LogP) is 7.49. The van der Waals surface area contributed by atoms with Gasteiger partial charge in [-0.1, -0.05) is 48.6 Å². The van der Waals surface area contributed by atoms with Crippen LogP contribution in [0.3, 0.4) is 0 Å². The molecule has 5 heteroatoms. The van der Waals surface area contributed by atoms with Gasteiger partial charge in [-0.2, -0.15) is 4.39 Å². The predicted molar refractivity (Wildman–Crippen MR) is 120 cm³/mol. The molecule has 2 nitrogen and oxygen atoms in total. The van der Waals surface area contributed by atoms with Crippen molar-refractivity contribution in [3.05, 3.63) is 89.8 Å². The van der Waals surface area contributed by atoms with Gasteiger partial charge in [0.2, 0.25) is 5.82 Å². The second-order valence-electron chi connectivity index (χ2n) is 7.94. The molecule has 2 atom stereocenters. The molecule has 32 heavy (non-hydrogen) atoms. The van der Waals surface area contributed by atoms with Crippen molar-refractivity contribution in [2.75, 3.05) is 13.7 Å². The Morgan fingerprint density at radius 1 is 0.875 bits per heavy atom. The van der Waals surface area contributed by atoms with Crippen molar-refractivity contribution in [3.63, 3.8) is 0 Å². The van der Waals surface area contributed by atoms with Gasteiger partial charge in [0, 0.05) is 17.0 Å². The summed E-state index contributed by atoms with van der Waals surface area (Å²) >= 11 is 0. The van der Waals surface area contributed by atoms with Crippen molar-refractivity contribution >= 4 is 0 Å². The van der Waals surface area contributed by atoms with Crippen molar-refractivity contribution in [3.8, 4) is 28.0 Å². The van der Waals surface area contributed by atoms with Gasteiger partial charge in [0.1, 0.15) is 5.82 Å². The molecule has 3 aromatic carbocycles. The maximum atomic E-state index is 14.9. The van der Waals surface area contributed by atoms with Gasteiger partial charge in [0.15, 0.2) is 11.6 Å². The van der Waals surface area contributed by atoms with Crippen LogP contribution in [0.15, 0.2) is 66.7 Å². The first-order valence-electron chi connectivity index (χ1n) is 10.7. The topological polar surface area (TPSA) is 18.5 Å². The molecule has 0 radical (unpaired) electrons. The zero-order valence-electron chi connectivity index (χ0n) is 18.1. The highest BCUT2D eigenvalue weighted by atomic mass is 19.2. The van der Waals surface area contributed by atoms with Crippen LogP contribution in [0, 0.1) is 23.4 Å². The molecule has 0 saturated carbocycles. The molecule has 0 aromatic heterocycles. The van der Waals surface area contributed by atoms with Crippen LogP contribution in [0.2, 0.25) is 0 Å². The van der Waals surface area contributed by atoms with E-state index in [2.05, 4.69) is 6.08 Å². The molecule has 1 fully saturated rings. The molecule has 3 aromatic rings. The smallest absolute Gasteiger partial charge is 0.201 e. The van der Waals surface area contributed by atoms with Crippen molar-refractivity contribution in [1.29, 1.82) is 0 Å². The number of methoxy groups -OCH3 is 1. The maximum absolute atomic E-state index is 14.9. The molecule has 4 rings (SSSR count). The zero-order valence-corrected chi connectivity index (χ0v) is 18.1. The van der Waals surface area contributed by atoms with E-state index in [0.29, 0.717) is 29.2 Å². The van der Waals surface area contributed by atoms with Crippen LogP contribution < -0.4 is 4.74 Å². The fraction of sp³-hybridized carbons (Fsp3) is 0.259. The Bertz CT molecular complexity index is 1110. The summed E-state index contributed by atoms with van der Waals surface area (Å²) in [5.74, 6) is -2.03. The number of rotatable bonds is 5. The number of halogens is 3. The number of hydrogen-bond acceptors (Lipinski definition) is 2. The molecule has 0 amide bonds. The molecule has 2 unspecified atom stereocenters. The first kappa shape index (κ1) is 22.2. The fourth-order valence-corrected chi connectivity index (χ4v) is 4.16. The second kappa shape index (κ2) is 9.61. The van der Waals surface area contributed by atoms with Gasteiger partial charge in [-0.05, 0) is 54.7 Å². The van der Waals surface area contributed by atoms with Gasteiger partial charge in [-0.25, -0.2) is 8.78 Å². The van der Waals surface area contributed by atoms with E-state index in [1.807, 2.05) is 19.1 Å². The SMILES string of the molecule is C/C=C/C1CCC(c2ccc(-c3ccc(-c4ccc(OC)c(F)c4F)cc3)cc2F)OC1. The Morgan fingerprint density at radius 2 is 1.59 bits per heavy atom. The number of hydrogen-bond donors (Lipinski definition) is 0. The molecular weight excluding hydrogens is 413 g/mol. The summed E-state index contributed by atoms with van der Waals surface area (Å²) in [6.07, 6.45) is 5.67. The largest absolute Gasteiger partial charge is 0.494 e. The average Bonchev–Trinajstić information content (AvgIpc) is 2.82. The molecule has 0 aliphatic carbocycles. The lowest BCUT2D eigenvalue weighted by atomic mass is 9.93. The maximum Gasteiger partial charge on any atom is 0.201 e. The van der Waals surface area contributed by atoms with Crippen molar-refractivity contribution < 1.29 is 22.6 Å². The van der Waals surface area contributed by atoms with Crippen LogP contribution in [0.5, 0.6) is 5.75 Å². The Hall–Kier alpha value is -3.05. The summed E-state index contributed by atoms with van der Waals surface area (Å²) < 4.78 is 54.0. The molecule has 1 saturated heterocycles. The molecule has 1 aliphatic rings. The van der Waals surface area contributed by atoms with E-state index in [0.717, 1.165) is 18.4 Å². The number of allylic oxidation sites excluding steroid dienone is 1. The average molecular weight is 438 g/mol. The van der Waals surface area contributed by atoms with Crippen LogP contribution in [0.4, 0.5) is 13.2 Å². The summed E-state index contributed by atoms with van der Waals surface area (Å²) in [6, 6.07) is 14.9. The molecule has 0 spiro atoms. The summed E-state index contributed by atoms with van der Waals surface area (Å²) in [5.41, 5.74) is 2.73.